The van der Waals surface area contributed by atoms with Crippen LogP contribution in [-0.2, 0) is 66.4 Å². The van der Waals surface area contributed by atoms with Gasteiger partial charge in [-0.2, -0.15) is 0 Å². The number of hydrogen-bond acceptors (Lipinski definition) is 24. The van der Waals surface area contributed by atoms with E-state index in [0.29, 0.717) is 12.8 Å². The lowest BCUT2D eigenvalue weighted by atomic mass is 9.97. The molecule has 0 saturated carbocycles. The lowest BCUT2D eigenvalue weighted by Crippen LogP contribution is -2.63. The Morgan fingerprint density at radius 3 is 1.39 bits per heavy atom. The van der Waals surface area contributed by atoms with E-state index in [0.717, 1.165) is 46.0 Å². The van der Waals surface area contributed by atoms with Crippen molar-refractivity contribution in [2.45, 2.75) is 139 Å². The Hall–Kier alpha value is -9.92. The molecule has 24 heteroatoms. The van der Waals surface area contributed by atoms with Gasteiger partial charge in [0, 0.05) is 33.3 Å². The van der Waals surface area contributed by atoms with E-state index in [-0.39, 0.29) is 40.0 Å². The van der Waals surface area contributed by atoms with Crippen molar-refractivity contribution >= 4 is 47.8 Å². The second-order valence-corrected chi connectivity index (χ2v) is 22.3. The van der Waals surface area contributed by atoms with Crippen molar-refractivity contribution < 1.29 is 116 Å². The van der Waals surface area contributed by atoms with E-state index in [1.54, 1.807) is 97.1 Å². The zero-order valence-corrected chi connectivity index (χ0v) is 54.1. The normalized spacial score (nSPS) is 17.9. The van der Waals surface area contributed by atoms with Crippen LogP contribution in [0.25, 0.3) is 0 Å². The Labute approximate surface area is 566 Å². The van der Waals surface area contributed by atoms with Crippen LogP contribution in [0.15, 0.2) is 206 Å². The first-order valence-corrected chi connectivity index (χ1v) is 31.9. The molecule has 6 aromatic rings. The second kappa shape index (κ2) is 40.0. The number of carbonyl (C=O) groups excluding carboxylic acids is 8. The largest absolute Gasteiger partial charge is 0.506 e. The number of carbonyl (C=O) groups is 8. The first kappa shape index (κ1) is 75.5. The number of hydrogen-bond donors (Lipinski definition) is 4. The highest BCUT2D eigenvalue weighted by Crippen LogP contribution is 2.33. The van der Waals surface area contributed by atoms with Gasteiger partial charge in [0.25, 0.3) is 0 Å². The number of unbranched alkanes of at least 4 members (excludes halogenated alkanes) is 6. The van der Waals surface area contributed by atoms with Crippen molar-refractivity contribution in [1.29, 1.82) is 0 Å². The zero-order valence-electron chi connectivity index (χ0n) is 54.1. The molecule has 0 radical (unpaired) electrons. The Kier molecular flexibility index (Phi) is 30.8. The lowest BCUT2D eigenvalue weighted by Gasteiger charge is -2.44. The Morgan fingerprint density at radius 1 is 0.480 bits per heavy atom. The predicted molar refractivity (Wildman–Crippen MR) is 348 cm³/mol. The summed E-state index contributed by atoms with van der Waals surface area (Å²) in [4.78, 5) is 110. The van der Waals surface area contributed by atoms with Gasteiger partial charge in [-0.25, -0.2) is 28.8 Å². The van der Waals surface area contributed by atoms with Crippen LogP contribution in [0.2, 0.25) is 0 Å². The SMILES string of the molecule is C=CCCCCCCCCOC(O)C(OC(C)=O)C(OC(O)/C(OC(=O)c1ccccc1)=C(/O)C(O)CCOC(=O)c1ccccc1)C(CCOC1OC(COC(=O)c2ccccc2)C(OC(=O)c2ccccc2)C(OC(=O)c2ccccc2)C1OC(=O)c1ccccc1)OC(C)=O. The highest BCUT2D eigenvalue weighted by Gasteiger charge is 2.54. The molecule has 1 heterocycles. The summed E-state index contributed by atoms with van der Waals surface area (Å²) in [6.45, 7) is 3.52. The Balaban J connectivity index is 1.29. The van der Waals surface area contributed by atoms with Crippen molar-refractivity contribution in [3.63, 3.8) is 0 Å². The van der Waals surface area contributed by atoms with Gasteiger partial charge in [0.05, 0.1) is 46.6 Å². The van der Waals surface area contributed by atoms with E-state index < -0.39 is 160 Å². The van der Waals surface area contributed by atoms with Gasteiger partial charge in [0.1, 0.15) is 31.0 Å². The molecular formula is C74H80O24. The number of allylic oxidation sites excluding steroid dienone is 1. The molecule has 98 heavy (non-hydrogen) atoms. The van der Waals surface area contributed by atoms with Gasteiger partial charge in [-0.3, -0.25) is 9.59 Å². The third kappa shape index (κ3) is 23.7. The van der Waals surface area contributed by atoms with E-state index in [2.05, 4.69) is 6.58 Å². The summed E-state index contributed by atoms with van der Waals surface area (Å²) in [7, 11) is 0. The minimum absolute atomic E-state index is 0.00865. The van der Waals surface area contributed by atoms with Crippen LogP contribution in [0.4, 0.5) is 0 Å². The number of rotatable bonds is 38. The van der Waals surface area contributed by atoms with Gasteiger partial charge >= 0.3 is 47.8 Å². The molecule has 520 valence electrons. The number of aliphatic hydroxyl groups excluding tert-OH is 4. The second-order valence-electron chi connectivity index (χ2n) is 22.3. The van der Waals surface area contributed by atoms with Crippen LogP contribution in [0.3, 0.4) is 0 Å². The molecular weight excluding hydrogens is 1270 g/mol. The summed E-state index contributed by atoms with van der Waals surface area (Å²) in [5.41, 5.74) is 0.131. The van der Waals surface area contributed by atoms with E-state index >= 15 is 0 Å². The van der Waals surface area contributed by atoms with Crippen LogP contribution in [-0.4, -0.2) is 162 Å². The predicted octanol–water partition coefficient (Wildman–Crippen LogP) is 9.71. The Morgan fingerprint density at radius 2 is 0.908 bits per heavy atom. The van der Waals surface area contributed by atoms with Gasteiger partial charge < -0.3 is 77.3 Å². The van der Waals surface area contributed by atoms with Crippen molar-refractivity contribution in [2.75, 3.05) is 26.4 Å². The fourth-order valence-corrected chi connectivity index (χ4v) is 10.1. The van der Waals surface area contributed by atoms with Gasteiger partial charge in [0.15, 0.2) is 42.8 Å². The summed E-state index contributed by atoms with van der Waals surface area (Å²) in [5.74, 6) is -10.4. The lowest BCUT2D eigenvalue weighted by molar-refractivity contribution is -0.300. The van der Waals surface area contributed by atoms with Gasteiger partial charge in [0.2, 0.25) is 12.0 Å². The van der Waals surface area contributed by atoms with Crippen LogP contribution in [0, 0.1) is 0 Å². The van der Waals surface area contributed by atoms with E-state index in [1.165, 1.54) is 84.9 Å². The molecule has 1 saturated heterocycles. The van der Waals surface area contributed by atoms with E-state index in [1.807, 2.05) is 6.08 Å². The highest BCUT2D eigenvalue weighted by atomic mass is 16.7. The monoisotopic (exact) mass is 1350 g/mol. The fourth-order valence-electron chi connectivity index (χ4n) is 10.1. The highest BCUT2D eigenvalue weighted by molar-refractivity contribution is 5.92. The minimum atomic E-state index is -2.74. The summed E-state index contributed by atoms with van der Waals surface area (Å²) < 4.78 is 71.8. The van der Waals surface area contributed by atoms with Gasteiger partial charge in [-0.05, 0) is 92.1 Å². The number of aliphatic hydroxyl groups is 4. The first-order valence-electron chi connectivity index (χ1n) is 31.9. The molecule has 7 rings (SSSR count). The van der Waals surface area contributed by atoms with Crippen LogP contribution < -0.4 is 0 Å². The molecule has 11 atom stereocenters. The van der Waals surface area contributed by atoms with Crippen molar-refractivity contribution in [2.24, 2.45) is 0 Å². The summed E-state index contributed by atoms with van der Waals surface area (Å²) in [5, 5.41) is 47.5. The molecule has 0 aliphatic carbocycles. The molecule has 1 aliphatic rings. The summed E-state index contributed by atoms with van der Waals surface area (Å²) in [6, 6.07) is 45.6. The first-order chi connectivity index (χ1) is 47.4. The maximum absolute atomic E-state index is 14.4. The molecule has 1 aliphatic heterocycles. The standard InChI is InChI=1S/C74H80O24/c1-4-5-6-7-8-9-10-29-44-87-72(85)64(92-49(3)76)60(95-73(86)62(96-69(82)53-36-23-14-24-37-53)59(78)56(77)42-45-88-66(79)50-30-17-11-18-31-50)57(91-48(2)75)43-46-89-74-65(98-71(84)55-40-27-16-28-41-55)63(97-70(83)54-38-25-15-26-39-54)61(94-68(81)52-34-21-13-22-35-52)58(93-74)47-90-67(80)51-32-19-12-20-33-51/h4,11-28,30-41,56-58,60-61,63-65,72-74,77-78,85-86H,1,5-10,29,42-47H2,2-3H3/b62-59-. The van der Waals surface area contributed by atoms with Crippen molar-refractivity contribution in [3.05, 3.63) is 240 Å². The maximum Gasteiger partial charge on any atom is 0.343 e. The number of esters is 8. The third-order valence-electron chi connectivity index (χ3n) is 15.0. The molecule has 4 N–H and O–H groups in total. The summed E-state index contributed by atoms with van der Waals surface area (Å²) in [6.07, 6.45) is -16.3. The van der Waals surface area contributed by atoms with Gasteiger partial charge in [-0.1, -0.05) is 141 Å². The third-order valence-corrected chi connectivity index (χ3v) is 15.0. The topological polar surface area (TPSA) is 328 Å². The van der Waals surface area contributed by atoms with Crippen molar-refractivity contribution in [3.8, 4) is 0 Å². The number of benzene rings is 6. The average Bonchev–Trinajstić information content (AvgIpc) is 0.777. The van der Waals surface area contributed by atoms with E-state index in [4.69, 9.17) is 56.8 Å². The average molecular weight is 1350 g/mol. The molecule has 0 amide bonds. The minimum Gasteiger partial charge on any atom is -0.506 e. The fraction of sp³-hybridized carbons (Fsp3) is 0.351. The van der Waals surface area contributed by atoms with Crippen LogP contribution in [0.1, 0.15) is 134 Å². The molecule has 0 spiro atoms. The smallest absolute Gasteiger partial charge is 0.343 e. The molecule has 1 fully saturated rings. The van der Waals surface area contributed by atoms with E-state index in [9.17, 15) is 58.8 Å². The number of ether oxygens (including phenoxy) is 12. The molecule has 6 aromatic carbocycles. The van der Waals surface area contributed by atoms with Crippen molar-refractivity contribution in [1.82, 2.24) is 0 Å². The zero-order chi connectivity index (χ0) is 70.2. The molecule has 0 bridgehead atoms. The van der Waals surface area contributed by atoms with Gasteiger partial charge in [-0.15, -0.1) is 6.58 Å². The van der Waals surface area contributed by atoms with Crippen LogP contribution >= 0.6 is 0 Å². The Bertz CT molecular complexity index is 3520. The maximum atomic E-state index is 14.4. The molecule has 0 aromatic heterocycles. The molecule has 24 nitrogen and oxygen atoms in total. The quantitative estimate of drug-likeness (QED) is 0.00699. The summed E-state index contributed by atoms with van der Waals surface area (Å²) >= 11 is 0. The molecule has 11 unspecified atom stereocenters. The van der Waals surface area contributed by atoms with Crippen LogP contribution in [0.5, 0.6) is 0 Å².